The summed E-state index contributed by atoms with van der Waals surface area (Å²) in [6.07, 6.45) is -1.59. The minimum Gasteiger partial charge on any atom is -0.490 e. The first-order valence-corrected chi connectivity index (χ1v) is 12.1. The lowest BCUT2D eigenvalue weighted by molar-refractivity contribution is -0.149. The standard InChI is InChI=1S/C25H28Cl3FO6/c1-15(30)34-20(11-26)13-33-24-22(27)9-18(10-23(24)28)25(3,4)17-5-7-19(8-6-17)32-14-21(12-29)35-16(2)31/h5-10,20-21H,11-14H2,1-4H3/t20-,21-/m0/s1. The minimum absolute atomic E-state index is 0.00738. The number of alkyl halides is 2. The molecule has 0 bridgehead atoms. The quantitative estimate of drug-likeness (QED) is 0.234. The highest BCUT2D eigenvalue weighted by Crippen LogP contribution is 2.40. The normalized spacial score (nSPS) is 13.0. The predicted molar refractivity (Wildman–Crippen MR) is 134 cm³/mol. The van der Waals surface area contributed by atoms with Gasteiger partial charge in [0.25, 0.3) is 0 Å². The summed E-state index contributed by atoms with van der Waals surface area (Å²) in [5, 5.41) is 0.610. The molecule has 6 nitrogen and oxygen atoms in total. The number of hydrogen-bond donors (Lipinski definition) is 0. The molecule has 0 saturated heterocycles. The van der Waals surface area contributed by atoms with E-state index in [4.69, 9.17) is 53.8 Å². The maximum atomic E-state index is 13.0. The zero-order valence-corrected chi connectivity index (χ0v) is 22.2. The SMILES string of the molecule is CC(=O)O[C@@H](CF)COc1ccc(C(C)(C)c2cc(Cl)c(OC[C@H](CCl)OC(C)=O)c(Cl)c2)cc1. The van der Waals surface area contributed by atoms with E-state index in [0.717, 1.165) is 11.1 Å². The molecule has 10 heteroatoms. The molecule has 2 aromatic rings. The minimum atomic E-state index is -0.956. The van der Waals surface area contributed by atoms with Gasteiger partial charge in [-0.25, -0.2) is 4.39 Å². The summed E-state index contributed by atoms with van der Waals surface area (Å²) in [6, 6.07) is 10.8. The second kappa shape index (κ2) is 13.2. The molecule has 0 unspecified atom stereocenters. The van der Waals surface area contributed by atoms with Crippen LogP contribution >= 0.6 is 34.8 Å². The van der Waals surface area contributed by atoms with Crippen molar-refractivity contribution in [3.05, 3.63) is 57.6 Å². The van der Waals surface area contributed by atoms with Gasteiger partial charge in [0.1, 0.15) is 31.7 Å². The predicted octanol–water partition coefficient (Wildman–Crippen LogP) is 6.15. The van der Waals surface area contributed by atoms with Crippen molar-refractivity contribution in [2.45, 2.75) is 45.3 Å². The van der Waals surface area contributed by atoms with Crippen molar-refractivity contribution < 1.29 is 32.9 Å². The van der Waals surface area contributed by atoms with E-state index in [9.17, 15) is 14.0 Å². The van der Waals surface area contributed by atoms with Gasteiger partial charge in [-0.15, -0.1) is 11.6 Å². The van der Waals surface area contributed by atoms with Gasteiger partial charge in [-0.2, -0.15) is 0 Å². The Morgan fingerprint density at radius 3 is 1.89 bits per heavy atom. The van der Waals surface area contributed by atoms with Crippen molar-refractivity contribution in [1.29, 1.82) is 0 Å². The van der Waals surface area contributed by atoms with Gasteiger partial charge in [0, 0.05) is 19.3 Å². The van der Waals surface area contributed by atoms with Crippen LogP contribution in [0, 0.1) is 0 Å². The van der Waals surface area contributed by atoms with Gasteiger partial charge < -0.3 is 18.9 Å². The van der Waals surface area contributed by atoms with Crippen molar-refractivity contribution >= 4 is 46.7 Å². The van der Waals surface area contributed by atoms with Crippen LogP contribution in [0.1, 0.15) is 38.8 Å². The van der Waals surface area contributed by atoms with Crippen molar-refractivity contribution in [3.63, 3.8) is 0 Å². The number of carbonyl (C=O) groups excluding carboxylic acids is 2. The zero-order chi connectivity index (χ0) is 26.2. The smallest absolute Gasteiger partial charge is 0.303 e. The van der Waals surface area contributed by atoms with Gasteiger partial charge in [-0.3, -0.25) is 9.59 Å². The molecule has 0 spiro atoms. The summed E-state index contributed by atoms with van der Waals surface area (Å²) >= 11 is 18.8. The second-order valence-electron chi connectivity index (χ2n) is 8.31. The molecule has 2 rings (SSSR count). The fourth-order valence-electron chi connectivity index (χ4n) is 3.25. The highest BCUT2D eigenvalue weighted by molar-refractivity contribution is 6.37. The Labute approximate surface area is 219 Å². The lowest BCUT2D eigenvalue weighted by Gasteiger charge is -2.27. The maximum Gasteiger partial charge on any atom is 0.303 e. The third-order valence-electron chi connectivity index (χ3n) is 5.15. The average Bonchev–Trinajstić information content (AvgIpc) is 2.80. The molecule has 0 aliphatic carbocycles. The lowest BCUT2D eigenvalue weighted by atomic mass is 9.78. The topological polar surface area (TPSA) is 71.1 Å². The molecule has 2 aromatic carbocycles. The number of carbonyl (C=O) groups is 2. The highest BCUT2D eigenvalue weighted by Gasteiger charge is 2.26. The van der Waals surface area contributed by atoms with Gasteiger partial charge in [-0.1, -0.05) is 49.2 Å². The summed E-state index contributed by atoms with van der Waals surface area (Å²) in [6.45, 7) is 5.61. The monoisotopic (exact) mass is 548 g/mol. The van der Waals surface area contributed by atoms with Crippen molar-refractivity contribution in [3.8, 4) is 11.5 Å². The summed E-state index contributed by atoms with van der Waals surface area (Å²) < 4.78 is 34.1. The Morgan fingerprint density at radius 2 is 1.40 bits per heavy atom. The van der Waals surface area contributed by atoms with E-state index < -0.39 is 36.2 Å². The van der Waals surface area contributed by atoms with E-state index in [0.29, 0.717) is 15.8 Å². The number of esters is 2. The van der Waals surface area contributed by atoms with Crippen molar-refractivity contribution in [2.75, 3.05) is 25.8 Å². The molecule has 0 aromatic heterocycles. The van der Waals surface area contributed by atoms with Crippen LogP contribution in [-0.2, 0) is 24.5 Å². The Morgan fingerprint density at radius 1 is 0.886 bits per heavy atom. The third-order valence-corrected chi connectivity index (χ3v) is 6.06. The van der Waals surface area contributed by atoms with Crippen molar-refractivity contribution in [2.24, 2.45) is 0 Å². The molecule has 0 N–H and O–H groups in total. The summed E-state index contributed by atoms with van der Waals surface area (Å²) in [7, 11) is 0. The lowest BCUT2D eigenvalue weighted by Crippen LogP contribution is -2.26. The van der Waals surface area contributed by atoms with Crippen LogP contribution < -0.4 is 9.47 Å². The van der Waals surface area contributed by atoms with E-state index in [1.807, 2.05) is 26.0 Å². The molecule has 0 amide bonds. The largest absolute Gasteiger partial charge is 0.490 e. The Hall–Kier alpha value is -2.22. The van der Waals surface area contributed by atoms with Crippen molar-refractivity contribution in [1.82, 2.24) is 0 Å². The highest BCUT2D eigenvalue weighted by atomic mass is 35.5. The number of halogens is 4. The van der Waals surface area contributed by atoms with E-state index in [2.05, 4.69) is 0 Å². The number of hydrogen-bond acceptors (Lipinski definition) is 6. The van der Waals surface area contributed by atoms with Gasteiger partial charge in [0.05, 0.1) is 15.9 Å². The van der Waals surface area contributed by atoms with E-state index in [-0.39, 0.29) is 24.8 Å². The van der Waals surface area contributed by atoms with Crippen LogP contribution in [0.2, 0.25) is 10.0 Å². The van der Waals surface area contributed by atoms with Crippen LogP contribution in [0.5, 0.6) is 11.5 Å². The molecule has 0 aliphatic heterocycles. The number of benzene rings is 2. The van der Waals surface area contributed by atoms with Crippen LogP contribution in [0.25, 0.3) is 0 Å². The number of ether oxygens (including phenoxy) is 4. The Balaban J connectivity index is 2.14. The summed E-state index contributed by atoms with van der Waals surface area (Å²) in [4.78, 5) is 22.2. The zero-order valence-electron chi connectivity index (χ0n) is 19.9. The second-order valence-corrected chi connectivity index (χ2v) is 9.43. The Kier molecular flexibility index (Phi) is 10.9. The first-order chi connectivity index (χ1) is 16.5. The number of rotatable bonds is 12. The molecule has 0 radical (unpaired) electrons. The van der Waals surface area contributed by atoms with Crippen LogP contribution in [0.15, 0.2) is 36.4 Å². The van der Waals surface area contributed by atoms with Gasteiger partial charge >= 0.3 is 11.9 Å². The molecule has 192 valence electrons. The molecule has 0 heterocycles. The first-order valence-electron chi connectivity index (χ1n) is 10.8. The van der Waals surface area contributed by atoms with Crippen LogP contribution in [0.4, 0.5) is 4.39 Å². The van der Waals surface area contributed by atoms with Gasteiger partial charge in [-0.05, 0) is 35.4 Å². The first kappa shape index (κ1) is 29.0. The molecule has 0 saturated carbocycles. The molecule has 2 atom stereocenters. The van der Waals surface area contributed by atoms with Crippen LogP contribution in [-0.4, -0.2) is 49.9 Å². The van der Waals surface area contributed by atoms with E-state index >= 15 is 0 Å². The molecule has 35 heavy (non-hydrogen) atoms. The average molecular weight is 550 g/mol. The summed E-state index contributed by atoms with van der Waals surface area (Å²) in [5.74, 6) is -0.176. The molecule has 0 aliphatic rings. The van der Waals surface area contributed by atoms with Crippen LogP contribution in [0.3, 0.4) is 0 Å². The fourth-order valence-corrected chi connectivity index (χ4v) is 4.00. The third kappa shape index (κ3) is 8.44. The van der Waals surface area contributed by atoms with Gasteiger partial charge in [0.2, 0.25) is 0 Å². The molecule has 0 fully saturated rings. The molecular formula is C25H28Cl3FO6. The molecular weight excluding hydrogens is 522 g/mol. The van der Waals surface area contributed by atoms with E-state index in [1.165, 1.54) is 13.8 Å². The van der Waals surface area contributed by atoms with E-state index in [1.54, 1.807) is 24.3 Å². The van der Waals surface area contributed by atoms with Gasteiger partial charge in [0.15, 0.2) is 11.9 Å². The fraction of sp³-hybridized carbons (Fsp3) is 0.440. The maximum absolute atomic E-state index is 13.0. The summed E-state index contributed by atoms with van der Waals surface area (Å²) in [5.41, 5.74) is 1.31. The Bertz CT molecular complexity index is 990.